The van der Waals surface area contributed by atoms with Gasteiger partial charge in [-0.15, -0.1) is 0 Å². The van der Waals surface area contributed by atoms with E-state index in [1.165, 1.54) is 12.1 Å². The van der Waals surface area contributed by atoms with Crippen molar-refractivity contribution in [2.24, 2.45) is 0 Å². The van der Waals surface area contributed by atoms with Crippen LogP contribution in [0.5, 0.6) is 0 Å². The Bertz CT molecular complexity index is 90.5. The van der Waals surface area contributed by atoms with Crippen molar-refractivity contribution in [3.8, 4) is 0 Å². The van der Waals surface area contributed by atoms with Crippen LogP contribution in [0.15, 0.2) is 0 Å². The smallest absolute Gasteiger partial charge is 0.173 e. The first-order valence-corrected chi connectivity index (χ1v) is 9.23. The second kappa shape index (κ2) is 7.03. The highest BCUT2D eigenvalue weighted by molar-refractivity contribution is 6.56. The van der Waals surface area contributed by atoms with Crippen molar-refractivity contribution in [1.82, 2.24) is 0 Å². The Hall–Kier alpha value is 0.354. The molecule has 0 aliphatic carbocycles. The summed E-state index contributed by atoms with van der Waals surface area (Å²) in [5.41, 5.74) is 0. The lowest BCUT2D eigenvalue weighted by Gasteiger charge is -2.11. The van der Waals surface area contributed by atoms with Crippen LogP contribution in [0.1, 0.15) is 6.92 Å². The van der Waals surface area contributed by atoms with E-state index < -0.39 is 18.1 Å². The van der Waals surface area contributed by atoms with E-state index in [9.17, 15) is 0 Å². The van der Waals surface area contributed by atoms with Gasteiger partial charge in [-0.2, -0.15) is 0 Å². The van der Waals surface area contributed by atoms with Crippen molar-refractivity contribution in [2.45, 2.75) is 32.1 Å². The van der Waals surface area contributed by atoms with Gasteiger partial charge in [-0.05, 0) is 32.1 Å². The van der Waals surface area contributed by atoms with Gasteiger partial charge in [0.25, 0.3) is 0 Å². The van der Waals surface area contributed by atoms with E-state index >= 15 is 0 Å². The van der Waals surface area contributed by atoms with Crippen molar-refractivity contribution in [2.75, 3.05) is 13.7 Å². The van der Waals surface area contributed by atoms with E-state index in [1.807, 2.05) is 7.11 Å². The summed E-state index contributed by atoms with van der Waals surface area (Å²) in [4.78, 5) is 0. The summed E-state index contributed by atoms with van der Waals surface area (Å²) in [6.45, 7) is 7.46. The second-order valence-electron chi connectivity index (χ2n) is 2.89. The molecule has 0 saturated carbocycles. The Morgan fingerprint density at radius 1 is 1.09 bits per heavy atom. The average Bonchev–Trinajstić information content (AvgIpc) is 2.01. The highest BCUT2D eigenvalue weighted by Gasteiger charge is 2.08. The normalized spacial score (nSPS) is 16.4. The van der Waals surface area contributed by atoms with E-state index in [0.29, 0.717) is 0 Å². The van der Waals surface area contributed by atoms with Gasteiger partial charge in [0.15, 0.2) is 18.1 Å². The molecule has 0 fully saturated rings. The van der Waals surface area contributed by atoms with Crippen LogP contribution < -0.4 is 0 Å². The Kier molecular flexibility index (Phi) is 7.25. The van der Waals surface area contributed by atoms with E-state index in [2.05, 4.69) is 20.0 Å². The average molecular weight is 192 g/mol. The molecule has 68 valence electrons. The molecular formula is C7H20O2Si2. The quantitative estimate of drug-likeness (QED) is 0.592. The molecule has 2 unspecified atom stereocenters. The fourth-order valence-electron chi connectivity index (χ4n) is 0.955. The summed E-state index contributed by atoms with van der Waals surface area (Å²) in [6.07, 6.45) is 0. The van der Waals surface area contributed by atoms with Crippen molar-refractivity contribution < 1.29 is 8.85 Å². The van der Waals surface area contributed by atoms with Crippen molar-refractivity contribution in [3.05, 3.63) is 0 Å². The lowest BCUT2D eigenvalue weighted by atomic mass is 10.9. The summed E-state index contributed by atoms with van der Waals surface area (Å²) in [6, 6.07) is 2.57. The first kappa shape index (κ1) is 11.4. The van der Waals surface area contributed by atoms with Gasteiger partial charge in [-0.25, -0.2) is 0 Å². The van der Waals surface area contributed by atoms with E-state index in [0.717, 1.165) is 6.61 Å². The van der Waals surface area contributed by atoms with Gasteiger partial charge in [-0.3, -0.25) is 0 Å². The molecule has 0 spiro atoms. The minimum atomic E-state index is -0.818. The van der Waals surface area contributed by atoms with Crippen LogP contribution in [-0.2, 0) is 8.85 Å². The van der Waals surface area contributed by atoms with Gasteiger partial charge in [0.1, 0.15) is 0 Å². The first-order chi connectivity index (χ1) is 5.20. The van der Waals surface area contributed by atoms with Crippen LogP contribution in [0.25, 0.3) is 0 Å². The van der Waals surface area contributed by atoms with Gasteiger partial charge in [0, 0.05) is 13.7 Å². The van der Waals surface area contributed by atoms with Crippen molar-refractivity contribution in [3.63, 3.8) is 0 Å². The zero-order valence-electron chi connectivity index (χ0n) is 8.09. The molecule has 0 aromatic carbocycles. The van der Waals surface area contributed by atoms with E-state index in [4.69, 9.17) is 8.85 Å². The van der Waals surface area contributed by atoms with Gasteiger partial charge in [-0.1, -0.05) is 0 Å². The molecule has 0 heterocycles. The fourth-order valence-corrected chi connectivity index (χ4v) is 5.68. The third kappa shape index (κ3) is 6.74. The van der Waals surface area contributed by atoms with Crippen LogP contribution in [0.3, 0.4) is 0 Å². The lowest BCUT2D eigenvalue weighted by molar-refractivity contribution is 0.345. The molecule has 0 aromatic rings. The maximum absolute atomic E-state index is 5.54. The molecule has 0 aliphatic heterocycles. The SMILES string of the molecule is CCO[SiH](C)CC[SiH](C)OC. The minimum Gasteiger partial charge on any atom is -0.423 e. The Morgan fingerprint density at radius 3 is 2.09 bits per heavy atom. The Morgan fingerprint density at radius 2 is 1.64 bits per heavy atom. The standard InChI is InChI=1S/C7H20O2Si2/c1-5-9-11(4)7-6-10(3)8-2/h10-11H,5-7H2,1-4H3. The molecule has 2 atom stereocenters. The Balaban J connectivity index is 3.22. The van der Waals surface area contributed by atoms with E-state index in [1.54, 1.807) is 0 Å². The molecule has 4 heteroatoms. The van der Waals surface area contributed by atoms with Crippen LogP contribution in [0.2, 0.25) is 25.2 Å². The molecule has 0 aromatic heterocycles. The molecule has 0 aliphatic rings. The maximum atomic E-state index is 5.54. The van der Waals surface area contributed by atoms with Crippen molar-refractivity contribution >= 4 is 18.1 Å². The summed E-state index contributed by atoms with van der Waals surface area (Å²) < 4.78 is 10.8. The van der Waals surface area contributed by atoms with Crippen LogP contribution in [-0.4, -0.2) is 31.8 Å². The molecular weight excluding hydrogens is 172 g/mol. The monoisotopic (exact) mass is 192 g/mol. The summed E-state index contributed by atoms with van der Waals surface area (Å²) in [7, 11) is 0.198. The highest BCUT2D eigenvalue weighted by Crippen LogP contribution is 2.04. The first-order valence-electron chi connectivity index (χ1n) is 4.35. The predicted molar refractivity (Wildman–Crippen MR) is 54.3 cm³/mol. The third-order valence-electron chi connectivity index (χ3n) is 1.83. The molecule has 0 rings (SSSR count). The molecule has 0 radical (unpaired) electrons. The number of hydrogen-bond donors (Lipinski definition) is 0. The molecule has 0 bridgehead atoms. The zero-order chi connectivity index (χ0) is 8.69. The predicted octanol–water partition coefficient (Wildman–Crippen LogP) is 1.38. The number of hydrogen-bond acceptors (Lipinski definition) is 2. The van der Waals surface area contributed by atoms with Crippen LogP contribution in [0, 0.1) is 0 Å². The van der Waals surface area contributed by atoms with Gasteiger partial charge in [0.05, 0.1) is 0 Å². The molecule has 0 saturated heterocycles. The number of rotatable bonds is 6. The maximum Gasteiger partial charge on any atom is 0.173 e. The van der Waals surface area contributed by atoms with Crippen LogP contribution in [0.4, 0.5) is 0 Å². The molecule has 0 N–H and O–H groups in total. The van der Waals surface area contributed by atoms with Crippen LogP contribution >= 0.6 is 0 Å². The Labute approximate surface area is 73.4 Å². The zero-order valence-corrected chi connectivity index (χ0v) is 10.4. The highest BCUT2D eigenvalue weighted by atomic mass is 28.3. The minimum absolute atomic E-state index is 0.808. The summed E-state index contributed by atoms with van der Waals surface area (Å²) >= 11 is 0. The summed E-state index contributed by atoms with van der Waals surface area (Å²) in [5, 5.41) is 0. The molecule has 2 nitrogen and oxygen atoms in total. The largest absolute Gasteiger partial charge is 0.423 e. The molecule has 11 heavy (non-hydrogen) atoms. The topological polar surface area (TPSA) is 18.5 Å². The van der Waals surface area contributed by atoms with Crippen molar-refractivity contribution in [1.29, 1.82) is 0 Å². The lowest BCUT2D eigenvalue weighted by Crippen LogP contribution is -2.17. The van der Waals surface area contributed by atoms with Gasteiger partial charge < -0.3 is 8.85 Å². The fraction of sp³-hybridized carbons (Fsp3) is 1.00. The second-order valence-corrected chi connectivity index (χ2v) is 8.09. The van der Waals surface area contributed by atoms with E-state index in [-0.39, 0.29) is 0 Å². The summed E-state index contributed by atoms with van der Waals surface area (Å²) in [5.74, 6) is 0. The third-order valence-corrected chi connectivity index (χ3v) is 6.50. The van der Waals surface area contributed by atoms with Gasteiger partial charge in [0.2, 0.25) is 0 Å². The molecule has 0 amide bonds. The van der Waals surface area contributed by atoms with Gasteiger partial charge >= 0.3 is 0 Å².